The Kier molecular flexibility index (Phi) is 1.51. The number of rotatable bonds is 2. The van der Waals surface area contributed by atoms with E-state index in [0.29, 0.717) is 6.61 Å². The molecule has 2 aliphatic carbocycles. The van der Waals surface area contributed by atoms with Crippen LogP contribution < -0.4 is 5.73 Å². The third-order valence-corrected chi connectivity index (χ3v) is 2.44. The number of carbonyl (C=O) groups is 1. The van der Waals surface area contributed by atoms with E-state index in [1.54, 1.807) is 6.92 Å². The van der Waals surface area contributed by atoms with Gasteiger partial charge < -0.3 is 10.5 Å². The number of allylic oxidation sites excluding steroid dienone is 1. The Morgan fingerprint density at radius 3 is 2.83 bits per heavy atom. The van der Waals surface area contributed by atoms with E-state index < -0.39 is 5.54 Å². The number of ether oxygens (including phenoxy) is 1. The SMILES string of the molecule is CCOC(=O)C1(N)CC1=C1CC1. The van der Waals surface area contributed by atoms with Gasteiger partial charge in [-0.15, -0.1) is 0 Å². The van der Waals surface area contributed by atoms with E-state index in [1.165, 1.54) is 5.57 Å². The van der Waals surface area contributed by atoms with Gasteiger partial charge in [0.25, 0.3) is 0 Å². The summed E-state index contributed by atoms with van der Waals surface area (Å²) >= 11 is 0. The summed E-state index contributed by atoms with van der Waals surface area (Å²) < 4.78 is 4.88. The van der Waals surface area contributed by atoms with Crippen LogP contribution in [0, 0.1) is 0 Å². The first-order chi connectivity index (χ1) is 5.68. The molecule has 66 valence electrons. The highest BCUT2D eigenvalue weighted by Crippen LogP contribution is 2.50. The van der Waals surface area contributed by atoms with Gasteiger partial charge in [-0.2, -0.15) is 0 Å². The predicted octanol–water partition coefficient (Wildman–Crippen LogP) is 0.741. The Balaban J connectivity index is 2.06. The molecule has 2 saturated carbocycles. The third kappa shape index (κ3) is 1.05. The molecule has 0 aromatic heterocycles. The fourth-order valence-corrected chi connectivity index (χ4v) is 1.49. The second-order valence-corrected chi connectivity index (χ2v) is 3.45. The van der Waals surface area contributed by atoms with Gasteiger partial charge in [0.2, 0.25) is 0 Å². The third-order valence-electron chi connectivity index (χ3n) is 2.44. The average Bonchev–Trinajstić information content (AvgIpc) is 2.81. The molecule has 2 aliphatic rings. The molecule has 0 aromatic rings. The Morgan fingerprint density at radius 2 is 2.33 bits per heavy atom. The monoisotopic (exact) mass is 167 g/mol. The smallest absolute Gasteiger partial charge is 0.330 e. The molecular weight excluding hydrogens is 154 g/mol. The van der Waals surface area contributed by atoms with E-state index in [0.717, 1.165) is 24.8 Å². The molecule has 0 radical (unpaired) electrons. The Labute approximate surface area is 71.6 Å². The number of carbonyl (C=O) groups excluding carboxylic acids is 1. The van der Waals surface area contributed by atoms with Crippen LogP contribution in [0.15, 0.2) is 11.1 Å². The average molecular weight is 167 g/mol. The minimum atomic E-state index is -0.720. The molecule has 12 heavy (non-hydrogen) atoms. The summed E-state index contributed by atoms with van der Waals surface area (Å²) in [7, 11) is 0. The lowest BCUT2D eigenvalue weighted by Crippen LogP contribution is -2.35. The quantitative estimate of drug-likeness (QED) is 0.487. The van der Waals surface area contributed by atoms with Gasteiger partial charge in [0.15, 0.2) is 0 Å². The van der Waals surface area contributed by atoms with Crippen molar-refractivity contribution in [2.75, 3.05) is 6.61 Å². The van der Waals surface area contributed by atoms with Gasteiger partial charge in [-0.1, -0.05) is 5.57 Å². The molecule has 1 atom stereocenters. The lowest BCUT2D eigenvalue weighted by Gasteiger charge is -2.06. The number of nitrogens with two attached hydrogens (primary N) is 1. The van der Waals surface area contributed by atoms with Gasteiger partial charge in [-0.25, -0.2) is 4.79 Å². The van der Waals surface area contributed by atoms with Crippen molar-refractivity contribution in [1.82, 2.24) is 0 Å². The summed E-state index contributed by atoms with van der Waals surface area (Å²) in [5.41, 5.74) is 7.63. The van der Waals surface area contributed by atoms with Crippen LogP contribution in [0.5, 0.6) is 0 Å². The first-order valence-corrected chi connectivity index (χ1v) is 4.36. The lowest BCUT2D eigenvalue weighted by atomic mass is 10.2. The van der Waals surface area contributed by atoms with Crippen LogP contribution in [0.2, 0.25) is 0 Å². The van der Waals surface area contributed by atoms with Gasteiger partial charge in [-0.05, 0) is 25.3 Å². The van der Waals surface area contributed by atoms with Crippen molar-refractivity contribution in [3.63, 3.8) is 0 Å². The highest BCUT2D eigenvalue weighted by Gasteiger charge is 2.56. The van der Waals surface area contributed by atoms with Gasteiger partial charge in [0, 0.05) is 6.42 Å². The summed E-state index contributed by atoms with van der Waals surface area (Å²) in [5, 5.41) is 0. The fourth-order valence-electron chi connectivity index (χ4n) is 1.49. The second kappa shape index (κ2) is 2.33. The molecular formula is C9H13NO2. The summed E-state index contributed by atoms with van der Waals surface area (Å²) in [6.07, 6.45) is 2.99. The van der Waals surface area contributed by atoms with E-state index in [4.69, 9.17) is 10.5 Å². The van der Waals surface area contributed by atoms with E-state index in [-0.39, 0.29) is 5.97 Å². The Bertz CT molecular complexity index is 264. The molecule has 0 heterocycles. The zero-order valence-electron chi connectivity index (χ0n) is 7.22. The first-order valence-electron chi connectivity index (χ1n) is 4.36. The van der Waals surface area contributed by atoms with Crippen LogP contribution >= 0.6 is 0 Å². The molecule has 2 N–H and O–H groups in total. The molecule has 3 heteroatoms. The number of hydrogen-bond acceptors (Lipinski definition) is 3. The lowest BCUT2D eigenvalue weighted by molar-refractivity contribution is -0.145. The summed E-state index contributed by atoms with van der Waals surface area (Å²) in [5.74, 6) is -0.251. The molecule has 0 bridgehead atoms. The zero-order valence-corrected chi connectivity index (χ0v) is 7.22. The second-order valence-electron chi connectivity index (χ2n) is 3.45. The van der Waals surface area contributed by atoms with Crippen molar-refractivity contribution in [2.45, 2.75) is 31.7 Å². The van der Waals surface area contributed by atoms with Crippen molar-refractivity contribution >= 4 is 5.97 Å². The molecule has 1 unspecified atom stereocenters. The van der Waals surface area contributed by atoms with E-state index in [9.17, 15) is 4.79 Å². The maximum absolute atomic E-state index is 11.3. The normalized spacial score (nSPS) is 31.8. The van der Waals surface area contributed by atoms with Crippen molar-refractivity contribution in [1.29, 1.82) is 0 Å². The molecule has 0 saturated heterocycles. The molecule has 3 nitrogen and oxygen atoms in total. The largest absolute Gasteiger partial charge is 0.464 e. The zero-order chi connectivity index (χ0) is 8.77. The van der Waals surface area contributed by atoms with Crippen LogP contribution in [0.3, 0.4) is 0 Å². The van der Waals surface area contributed by atoms with Crippen LogP contribution in [0.25, 0.3) is 0 Å². The molecule has 2 fully saturated rings. The van der Waals surface area contributed by atoms with Gasteiger partial charge >= 0.3 is 5.97 Å². The first kappa shape index (κ1) is 7.80. The summed E-state index contributed by atoms with van der Waals surface area (Å²) in [6.45, 7) is 2.22. The molecule has 0 amide bonds. The van der Waals surface area contributed by atoms with Crippen LogP contribution in [-0.4, -0.2) is 18.1 Å². The van der Waals surface area contributed by atoms with Crippen LogP contribution in [-0.2, 0) is 9.53 Å². The van der Waals surface area contributed by atoms with Gasteiger partial charge in [0.05, 0.1) is 6.61 Å². The van der Waals surface area contributed by atoms with Crippen LogP contribution in [0.1, 0.15) is 26.2 Å². The summed E-state index contributed by atoms with van der Waals surface area (Å²) in [6, 6.07) is 0. The van der Waals surface area contributed by atoms with E-state index in [1.807, 2.05) is 0 Å². The highest BCUT2D eigenvalue weighted by molar-refractivity contribution is 5.91. The maximum Gasteiger partial charge on any atom is 0.330 e. The van der Waals surface area contributed by atoms with Crippen molar-refractivity contribution in [2.24, 2.45) is 5.73 Å². The van der Waals surface area contributed by atoms with Crippen molar-refractivity contribution in [3.05, 3.63) is 11.1 Å². The summed E-state index contributed by atoms with van der Waals surface area (Å²) in [4.78, 5) is 11.3. The van der Waals surface area contributed by atoms with E-state index in [2.05, 4.69) is 0 Å². The minimum absolute atomic E-state index is 0.251. The number of esters is 1. The van der Waals surface area contributed by atoms with Crippen LogP contribution in [0.4, 0.5) is 0 Å². The van der Waals surface area contributed by atoms with Gasteiger partial charge in [-0.3, -0.25) is 0 Å². The Morgan fingerprint density at radius 1 is 1.67 bits per heavy atom. The van der Waals surface area contributed by atoms with Crippen molar-refractivity contribution in [3.8, 4) is 0 Å². The van der Waals surface area contributed by atoms with E-state index >= 15 is 0 Å². The van der Waals surface area contributed by atoms with Gasteiger partial charge in [0.1, 0.15) is 5.54 Å². The highest BCUT2D eigenvalue weighted by atomic mass is 16.5. The Hall–Kier alpha value is -0.830. The van der Waals surface area contributed by atoms with Crippen molar-refractivity contribution < 1.29 is 9.53 Å². The fraction of sp³-hybridized carbons (Fsp3) is 0.667. The predicted molar refractivity (Wildman–Crippen MR) is 44.4 cm³/mol. The number of hydrogen-bond donors (Lipinski definition) is 1. The minimum Gasteiger partial charge on any atom is -0.464 e. The molecule has 2 rings (SSSR count). The molecule has 0 spiro atoms. The maximum atomic E-state index is 11.3. The standard InChI is InChI=1S/C9H13NO2/c1-2-12-8(11)9(10)5-7(9)6-3-4-6/h2-5,10H2,1H3. The topological polar surface area (TPSA) is 52.3 Å². The molecule has 0 aromatic carbocycles. The molecule has 0 aliphatic heterocycles.